The number of nitrogens with one attached hydrogen (secondary N) is 2. The van der Waals surface area contributed by atoms with E-state index in [1.807, 2.05) is 14.1 Å². The predicted molar refractivity (Wildman–Crippen MR) is 86.9 cm³/mol. The van der Waals surface area contributed by atoms with E-state index in [0.717, 1.165) is 18.4 Å². The zero-order valence-corrected chi connectivity index (χ0v) is 13.6. The summed E-state index contributed by atoms with van der Waals surface area (Å²) in [6, 6.07) is 2.57. The minimum Gasteiger partial charge on any atom is -0.357 e. The Labute approximate surface area is 123 Å². The predicted octanol–water partition coefficient (Wildman–Crippen LogP) is 2.90. The summed E-state index contributed by atoms with van der Waals surface area (Å²) >= 11 is 0. The molecule has 0 amide bonds. The Hall–Kier alpha value is -1.45. The standard InChI is InChI=1S/C16H30N4/c1-13(2)7-6-8-14(3)19-16(17-4)18-11-15-9-10-20(5)12-15/h9-10,12-14H,6-8,11H2,1-5H3,(H2,17,18,19). The minimum absolute atomic E-state index is 0.454. The fourth-order valence-corrected chi connectivity index (χ4v) is 2.18. The lowest BCUT2D eigenvalue weighted by Crippen LogP contribution is -2.41. The Morgan fingerprint density at radius 3 is 2.60 bits per heavy atom. The van der Waals surface area contributed by atoms with Gasteiger partial charge in [-0.15, -0.1) is 0 Å². The van der Waals surface area contributed by atoms with E-state index in [-0.39, 0.29) is 0 Å². The molecule has 2 N–H and O–H groups in total. The fraction of sp³-hybridized carbons (Fsp3) is 0.688. The molecule has 0 spiro atoms. The summed E-state index contributed by atoms with van der Waals surface area (Å²) in [5.41, 5.74) is 1.27. The van der Waals surface area contributed by atoms with Crippen molar-refractivity contribution in [3.05, 3.63) is 24.0 Å². The number of aryl methyl sites for hydroxylation is 1. The van der Waals surface area contributed by atoms with Crippen LogP contribution in [-0.2, 0) is 13.6 Å². The molecule has 0 aliphatic heterocycles. The molecular weight excluding hydrogens is 248 g/mol. The van der Waals surface area contributed by atoms with Crippen molar-refractivity contribution in [3.8, 4) is 0 Å². The number of aromatic nitrogens is 1. The maximum absolute atomic E-state index is 4.28. The van der Waals surface area contributed by atoms with Gasteiger partial charge >= 0.3 is 0 Å². The van der Waals surface area contributed by atoms with Gasteiger partial charge in [0.2, 0.25) is 0 Å². The van der Waals surface area contributed by atoms with E-state index >= 15 is 0 Å². The van der Waals surface area contributed by atoms with Crippen LogP contribution < -0.4 is 10.6 Å². The topological polar surface area (TPSA) is 41.4 Å². The molecule has 4 heteroatoms. The summed E-state index contributed by atoms with van der Waals surface area (Å²) in [5, 5.41) is 6.80. The zero-order chi connectivity index (χ0) is 15.0. The van der Waals surface area contributed by atoms with Crippen LogP contribution in [0.5, 0.6) is 0 Å². The van der Waals surface area contributed by atoms with Crippen molar-refractivity contribution in [2.75, 3.05) is 7.05 Å². The summed E-state index contributed by atoms with van der Waals surface area (Å²) < 4.78 is 2.06. The highest BCUT2D eigenvalue weighted by Gasteiger charge is 2.06. The quantitative estimate of drug-likeness (QED) is 0.595. The van der Waals surface area contributed by atoms with E-state index in [4.69, 9.17) is 0 Å². The third-order valence-corrected chi connectivity index (χ3v) is 3.38. The average molecular weight is 278 g/mol. The summed E-state index contributed by atoms with van der Waals surface area (Å²) in [5.74, 6) is 1.67. The molecule has 1 unspecified atom stereocenters. The second-order valence-corrected chi connectivity index (χ2v) is 5.98. The number of guanidine groups is 1. The normalized spacial score (nSPS) is 13.6. The SMILES string of the molecule is CN=C(NCc1ccn(C)c1)NC(C)CCCC(C)C. The highest BCUT2D eigenvalue weighted by molar-refractivity contribution is 5.79. The first-order valence-electron chi connectivity index (χ1n) is 7.59. The first-order chi connectivity index (χ1) is 9.51. The van der Waals surface area contributed by atoms with Gasteiger partial charge in [0.15, 0.2) is 5.96 Å². The Bertz CT molecular complexity index is 406. The van der Waals surface area contributed by atoms with Crippen LogP contribution in [0.15, 0.2) is 23.5 Å². The molecule has 0 saturated heterocycles. The van der Waals surface area contributed by atoms with Crippen LogP contribution in [0.1, 0.15) is 45.6 Å². The number of rotatable bonds is 7. The van der Waals surface area contributed by atoms with Crippen LogP contribution in [0.2, 0.25) is 0 Å². The molecule has 1 heterocycles. The van der Waals surface area contributed by atoms with Gasteiger partial charge in [-0.1, -0.05) is 26.7 Å². The summed E-state index contributed by atoms with van der Waals surface area (Å²) in [7, 11) is 3.86. The van der Waals surface area contributed by atoms with Crippen LogP contribution in [-0.4, -0.2) is 23.6 Å². The van der Waals surface area contributed by atoms with Crippen molar-refractivity contribution in [2.24, 2.45) is 18.0 Å². The lowest BCUT2D eigenvalue weighted by atomic mass is 10.0. The van der Waals surface area contributed by atoms with Crippen molar-refractivity contribution in [1.82, 2.24) is 15.2 Å². The summed E-state index contributed by atoms with van der Waals surface area (Å²) in [6.07, 6.45) is 7.92. The van der Waals surface area contributed by atoms with Crippen molar-refractivity contribution < 1.29 is 0 Å². The maximum atomic E-state index is 4.28. The molecule has 1 atom stereocenters. The van der Waals surface area contributed by atoms with Crippen molar-refractivity contribution >= 4 is 5.96 Å². The van der Waals surface area contributed by atoms with Crippen LogP contribution >= 0.6 is 0 Å². The third kappa shape index (κ3) is 6.64. The number of hydrogen-bond acceptors (Lipinski definition) is 1. The highest BCUT2D eigenvalue weighted by Crippen LogP contribution is 2.08. The molecule has 0 aliphatic carbocycles. The van der Waals surface area contributed by atoms with Gasteiger partial charge in [-0.25, -0.2) is 0 Å². The lowest BCUT2D eigenvalue weighted by molar-refractivity contribution is 0.491. The lowest BCUT2D eigenvalue weighted by Gasteiger charge is -2.18. The van der Waals surface area contributed by atoms with Gasteiger partial charge in [-0.2, -0.15) is 0 Å². The number of nitrogens with zero attached hydrogens (tertiary/aromatic N) is 2. The first-order valence-corrected chi connectivity index (χ1v) is 7.59. The Kier molecular flexibility index (Phi) is 7.20. The molecule has 1 aromatic rings. The molecule has 114 valence electrons. The van der Waals surface area contributed by atoms with Crippen molar-refractivity contribution in [1.29, 1.82) is 0 Å². The van der Waals surface area contributed by atoms with Crippen LogP contribution in [0, 0.1) is 5.92 Å². The van der Waals surface area contributed by atoms with E-state index in [2.05, 4.69) is 59.4 Å². The highest BCUT2D eigenvalue weighted by atomic mass is 15.2. The van der Waals surface area contributed by atoms with E-state index in [1.165, 1.54) is 24.8 Å². The van der Waals surface area contributed by atoms with E-state index in [9.17, 15) is 0 Å². The molecule has 0 bridgehead atoms. The Morgan fingerprint density at radius 2 is 2.05 bits per heavy atom. The van der Waals surface area contributed by atoms with Crippen molar-refractivity contribution in [2.45, 2.75) is 52.6 Å². The van der Waals surface area contributed by atoms with E-state index in [0.29, 0.717) is 6.04 Å². The first kappa shape index (κ1) is 16.6. The molecule has 0 aliphatic rings. The summed E-state index contributed by atoms with van der Waals surface area (Å²) in [4.78, 5) is 4.28. The van der Waals surface area contributed by atoms with E-state index < -0.39 is 0 Å². The molecule has 0 radical (unpaired) electrons. The average Bonchev–Trinajstić information content (AvgIpc) is 2.79. The maximum Gasteiger partial charge on any atom is 0.191 e. The molecule has 0 fully saturated rings. The molecule has 20 heavy (non-hydrogen) atoms. The molecule has 1 rings (SSSR count). The molecule has 0 aromatic carbocycles. The van der Waals surface area contributed by atoms with Gasteiger partial charge in [0.25, 0.3) is 0 Å². The zero-order valence-electron chi connectivity index (χ0n) is 13.6. The second kappa shape index (κ2) is 8.67. The third-order valence-electron chi connectivity index (χ3n) is 3.38. The Morgan fingerprint density at radius 1 is 1.30 bits per heavy atom. The molecule has 0 saturated carbocycles. The largest absolute Gasteiger partial charge is 0.357 e. The minimum atomic E-state index is 0.454. The fourth-order valence-electron chi connectivity index (χ4n) is 2.18. The van der Waals surface area contributed by atoms with Gasteiger partial charge in [-0.05, 0) is 30.9 Å². The van der Waals surface area contributed by atoms with Crippen LogP contribution in [0.25, 0.3) is 0 Å². The van der Waals surface area contributed by atoms with Gasteiger partial charge in [0.05, 0.1) is 0 Å². The molecular formula is C16H30N4. The van der Waals surface area contributed by atoms with Gasteiger partial charge in [0, 0.05) is 39.1 Å². The van der Waals surface area contributed by atoms with Crippen LogP contribution in [0.4, 0.5) is 0 Å². The number of aliphatic imine (C=N–C) groups is 1. The molecule has 4 nitrogen and oxygen atoms in total. The van der Waals surface area contributed by atoms with Gasteiger partial charge in [0.1, 0.15) is 0 Å². The summed E-state index contributed by atoms with van der Waals surface area (Å²) in [6.45, 7) is 7.58. The van der Waals surface area contributed by atoms with Gasteiger partial charge < -0.3 is 15.2 Å². The molecule has 1 aromatic heterocycles. The monoisotopic (exact) mass is 278 g/mol. The van der Waals surface area contributed by atoms with E-state index in [1.54, 1.807) is 0 Å². The van der Waals surface area contributed by atoms with Gasteiger partial charge in [-0.3, -0.25) is 4.99 Å². The van der Waals surface area contributed by atoms with Crippen molar-refractivity contribution in [3.63, 3.8) is 0 Å². The smallest absolute Gasteiger partial charge is 0.191 e. The second-order valence-electron chi connectivity index (χ2n) is 5.98. The number of hydrogen-bond donors (Lipinski definition) is 2. The van der Waals surface area contributed by atoms with Crippen LogP contribution in [0.3, 0.4) is 0 Å². The Balaban J connectivity index is 2.28.